The third kappa shape index (κ3) is 3.57. The van der Waals surface area contributed by atoms with Crippen LogP contribution < -0.4 is 10.6 Å². The molecule has 0 aromatic heterocycles. The van der Waals surface area contributed by atoms with Gasteiger partial charge in [-0.3, -0.25) is 4.79 Å². The molecule has 1 saturated heterocycles. The third-order valence-electron chi connectivity index (χ3n) is 2.41. The van der Waals surface area contributed by atoms with E-state index in [4.69, 9.17) is 5.11 Å². The van der Waals surface area contributed by atoms with Crippen LogP contribution in [0.5, 0.6) is 0 Å². The molecule has 1 aliphatic rings. The van der Waals surface area contributed by atoms with E-state index >= 15 is 0 Å². The number of carboxylic acid groups (broad SMARTS) is 1. The van der Waals surface area contributed by atoms with Gasteiger partial charge in [0.1, 0.15) is 6.29 Å². The number of hydrogen-bond donors (Lipinski definition) is 3. The molecule has 0 bridgehead atoms. The average molecular weight is 214 g/mol. The summed E-state index contributed by atoms with van der Waals surface area (Å²) in [5, 5.41) is 13.2. The molecule has 0 saturated carbocycles. The first-order valence-electron chi connectivity index (χ1n) is 4.86. The van der Waals surface area contributed by atoms with E-state index in [1.165, 1.54) is 0 Å². The highest BCUT2D eigenvalue weighted by Crippen LogP contribution is 2.16. The van der Waals surface area contributed by atoms with Crippen molar-refractivity contribution in [2.45, 2.75) is 25.3 Å². The van der Waals surface area contributed by atoms with Crippen LogP contribution in [0.15, 0.2) is 0 Å². The van der Waals surface area contributed by atoms with Crippen molar-refractivity contribution in [3.8, 4) is 0 Å². The van der Waals surface area contributed by atoms with Crippen molar-refractivity contribution in [3.05, 3.63) is 0 Å². The minimum absolute atomic E-state index is 0.0970. The summed E-state index contributed by atoms with van der Waals surface area (Å²) in [6, 6.07) is -0.795. The van der Waals surface area contributed by atoms with Crippen LogP contribution in [0.2, 0.25) is 0 Å². The minimum atomic E-state index is -1.25. The fourth-order valence-corrected chi connectivity index (χ4v) is 1.67. The Kier molecular flexibility index (Phi) is 4.08. The van der Waals surface area contributed by atoms with Gasteiger partial charge in [-0.1, -0.05) is 0 Å². The maximum atomic E-state index is 11.3. The standard InChI is InChI=1S/C9H14N2O4/c12-5-7(11-9(14)15)4-6-2-1-3-10-8(6)13/h5-7,11H,1-4H2,(H,10,13)(H,14,15)/t6-,7?/m0/s1. The fraction of sp³-hybridized carbons (Fsp3) is 0.667. The van der Waals surface area contributed by atoms with E-state index in [1.54, 1.807) is 0 Å². The predicted molar refractivity (Wildman–Crippen MR) is 51.4 cm³/mol. The topological polar surface area (TPSA) is 95.5 Å². The summed E-state index contributed by atoms with van der Waals surface area (Å²) in [5.41, 5.74) is 0. The molecule has 1 rings (SSSR count). The Morgan fingerprint density at radius 1 is 1.73 bits per heavy atom. The molecule has 0 aliphatic carbocycles. The Morgan fingerprint density at radius 2 is 2.47 bits per heavy atom. The zero-order chi connectivity index (χ0) is 11.3. The number of amides is 2. The largest absolute Gasteiger partial charge is 0.465 e. The molecular formula is C9H14N2O4. The Morgan fingerprint density at radius 3 is 3.00 bits per heavy atom. The van der Waals surface area contributed by atoms with Crippen LogP contribution in [-0.2, 0) is 9.59 Å². The molecule has 1 unspecified atom stereocenters. The van der Waals surface area contributed by atoms with E-state index in [-0.39, 0.29) is 18.2 Å². The second kappa shape index (κ2) is 5.33. The van der Waals surface area contributed by atoms with Crippen molar-refractivity contribution >= 4 is 18.3 Å². The van der Waals surface area contributed by atoms with Gasteiger partial charge in [-0.05, 0) is 19.3 Å². The molecule has 1 aliphatic heterocycles. The second-order valence-corrected chi connectivity index (χ2v) is 3.56. The maximum Gasteiger partial charge on any atom is 0.405 e. The third-order valence-corrected chi connectivity index (χ3v) is 2.41. The zero-order valence-corrected chi connectivity index (χ0v) is 8.23. The second-order valence-electron chi connectivity index (χ2n) is 3.56. The molecule has 2 amide bonds. The molecule has 2 atom stereocenters. The summed E-state index contributed by atoms with van der Waals surface area (Å²) < 4.78 is 0. The molecule has 1 fully saturated rings. The molecule has 6 nitrogen and oxygen atoms in total. The molecular weight excluding hydrogens is 200 g/mol. The lowest BCUT2D eigenvalue weighted by molar-refractivity contribution is -0.127. The highest BCUT2D eigenvalue weighted by Gasteiger charge is 2.25. The van der Waals surface area contributed by atoms with Crippen molar-refractivity contribution in [2.24, 2.45) is 5.92 Å². The Hall–Kier alpha value is -1.59. The van der Waals surface area contributed by atoms with Crippen LogP contribution in [0, 0.1) is 5.92 Å². The van der Waals surface area contributed by atoms with E-state index in [0.717, 1.165) is 6.42 Å². The van der Waals surface area contributed by atoms with Gasteiger partial charge in [0.05, 0.1) is 6.04 Å². The van der Waals surface area contributed by atoms with E-state index in [2.05, 4.69) is 10.6 Å². The molecule has 84 valence electrons. The van der Waals surface area contributed by atoms with Crippen LogP contribution in [0.3, 0.4) is 0 Å². The Balaban J connectivity index is 2.45. The maximum absolute atomic E-state index is 11.3. The van der Waals surface area contributed by atoms with Gasteiger partial charge in [0.15, 0.2) is 0 Å². The Labute approximate surface area is 87.0 Å². The van der Waals surface area contributed by atoms with Gasteiger partial charge in [-0.2, -0.15) is 0 Å². The SMILES string of the molecule is O=CC(C[C@@H]1CCCNC1=O)NC(=O)O. The molecule has 0 aromatic rings. The summed E-state index contributed by atoms with van der Waals surface area (Å²) in [5.74, 6) is -0.360. The van der Waals surface area contributed by atoms with Gasteiger partial charge in [0.25, 0.3) is 0 Å². The summed E-state index contributed by atoms with van der Waals surface area (Å²) in [6.07, 6.45) is 1.09. The van der Waals surface area contributed by atoms with Crippen molar-refractivity contribution in [2.75, 3.05) is 6.54 Å². The molecule has 1 heterocycles. The van der Waals surface area contributed by atoms with Crippen molar-refractivity contribution in [3.63, 3.8) is 0 Å². The Bertz CT molecular complexity index is 267. The number of rotatable bonds is 4. The van der Waals surface area contributed by atoms with E-state index in [1.807, 2.05) is 0 Å². The van der Waals surface area contributed by atoms with Crippen LogP contribution in [0.1, 0.15) is 19.3 Å². The summed E-state index contributed by atoms with van der Waals surface area (Å²) in [6.45, 7) is 0.660. The van der Waals surface area contributed by atoms with Gasteiger partial charge < -0.3 is 20.5 Å². The van der Waals surface area contributed by atoms with Gasteiger partial charge in [0.2, 0.25) is 5.91 Å². The normalized spacial score (nSPS) is 22.7. The first-order chi connectivity index (χ1) is 7.13. The number of carbonyl (C=O) groups excluding carboxylic acids is 2. The van der Waals surface area contributed by atoms with Gasteiger partial charge in [-0.25, -0.2) is 4.79 Å². The van der Waals surface area contributed by atoms with Crippen molar-refractivity contribution in [1.29, 1.82) is 0 Å². The molecule has 0 radical (unpaired) electrons. The van der Waals surface area contributed by atoms with E-state index < -0.39 is 12.1 Å². The predicted octanol–water partition coefficient (Wildman–Crippen LogP) is -0.262. The van der Waals surface area contributed by atoms with Crippen molar-refractivity contribution < 1.29 is 19.5 Å². The van der Waals surface area contributed by atoms with Crippen LogP contribution in [-0.4, -0.2) is 36.0 Å². The summed E-state index contributed by atoms with van der Waals surface area (Å²) >= 11 is 0. The fourth-order valence-electron chi connectivity index (χ4n) is 1.67. The number of hydrogen-bond acceptors (Lipinski definition) is 3. The van der Waals surface area contributed by atoms with Gasteiger partial charge in [0, 0.05) is 12.5 Å². The monoisotopic (exact) mass is 214 g/mol. The number of carbonyl (C=O) groups is 3. The van der Waals surface area contributed by atoms with Gasteiger partial charge in [-0.15, -0.1) is 0 Å². The quantitative estimate of drug-likeness (QED) is 0.562. The minimum Gasteiger partial charge on any atom is -0.465 e. The van der Waals surface area contributed by atoms with Crippen LogP contribution in [0.4, 0.5) is 4.79 Å². The van der Waals surface area contributed by atoms with Crippen molar-refractivity contribution in [1.82, 2.24) is 10.6 Å². The molecule has 0 aromatic carbocycles. The smallest absolute Gasteiger partial charge is 0.405 e. The highest BCUT2D eigenvalue weighted by molar-refractivity contribution is 5.80. The highest BCUT2D eigenvalue weighted by atomic mass is 16.4. The first kappa shape index (κ1) is 11.5. The molecule has 0 spiro atoms. The number of piperidine rings is 1. The molecule has 3 N–H and O–H groups in total. The average Bonchev–Trinajstić information content (AvgIpc) is 2.19. The summed E-state index contributed by atoms with van der Waals surface area (Å²) in [4.78, 5) is 32.2. The van der Waals surface area contributed by atoms with E-state index in [0.29, 0.717) is 19.3 Å². The number of nitrogens with one attached hydrogen (secondary N) is 2. The molecule has 6 heteroatoms. The number of aldehydes is 1. The van der Waals surface area contributed by atoms with E-state index in [9.17, 15) is 14.4 Å². The lowest BCUT2D eigenvalue weighted by Crippen LogP contribution is -2.42. The zero-order valence-electron chi connectivity index (χ0n) is 8.23. The molecule has 15 heavy (non-hydrogen) atoms. The van der Waals surface area contributed by atoms with Crippen LogP contribution in [0.25, 0.3) is 0 Å². The summed E-state index contributed by atoms with van der Waals surface area (Å²) in [7, 11) is 0. The van der Waals surface area contributed by atoms with Gasteiger partial charge >= 0.3 is 6.09 Å². The van der Waals surface area contributed by atoms with Crippen LogP contribution >= 0.6 is 0 Å². The first-order valence-corrected chi connectivity index (χ1v) is 4.86. The lowest BCUT2D eigenvalue weighted by Gasteiger charge is -2.23. The lowest BCUT2D eigenvalue weighted by atomic mass is 9.92.